The summed E-state index contributed by atoms with van der Waals surface area (Å²) in [6.07, 6.45) is 0. The second kappa shape index (κ2) is 11.9. The van der Waals surface area contributed by atoms with Gasteiger partial charge in [0.25, 0.3) is 5.91 Å². The van der Waals surface area contributed by atoms with Crippen LogP contribution >= 0.6 is 11.6 Å². The molecule has 0 aromatic heterocycles. The highest BCUT2D eigenvalue weighted by atomic mass is 35.5. The maximum atomic E-state index is 13.3. The molecule has 1 aliphatic rings. The van der Waals surface area contributed by atoms with Gasteiger partial charge in [-0.15, -0.1) is 0 Å². The molecule has 1 heterocycles. The molecule has 4 aromatic carbocycles. The van der Waals surface area contributed by atoms with Crippen LogP contribution in [-0.2, 0) is 16.1 Å². The molecule has 6 nitrogen and oxygen atoms in total. The van der Waals surface area contributed by atoms with Crippen LogP contribution in [0.3, 0.4) is 0 Å². The molecular weight excluding hydrogens is 520 g/mol. The normalized spacial score (nSPS) is 13.2. The Hall–Kier alpha value is -4.83. The first-order chi connectivity index (χ1) is 19.4. The molecule has 0 aliphatic carbocycles. The minimum absolute atomic E-state index is 0.214. The average molecular weight is 547 g/mol. The molecule has 198 valence electrons. The number of nitrogens with zero attached hydrogens (tertiary/aromatic N) is 1. The Kier molecular flexibility index (Phi) is 7.97. The van der Waals surface area contributed by atoms with E-state index in [1.54, 1.807) is 36.4 Å². The lowest BCUT2D eigenvalue weighted by Crippen LogP contribution is -2.11. The van der Waals surface area contributed by atoms with Gasteiger partial charge in [-0.05, 0) is 67.7 Å². The van der Waals surface area contributed by atoms with Crippen LogP contribution in [0.5, 0.6) is 0 Å². The topological polar surface area (TPSA) is 73.5 Å². The van der Waals surface area contributed by atoms with E-state index in [9.17, 15) is 9.59 Å². The summed E-state index contributed by atoms with van der Waals surface area (Å²) in [5.41, 5.74) is 6.77. The number of carbonyl (C=O) groups is 2. The van der Waals surface area contributed by atoms with E-state index in [1.165, 1.54) is 5.56 Å². The summed E-state index contributed by atoms with van der Waals surface area (Å²) in [6.45, 7) is 0.843. The van der Waals surface area contributed by atoms with Gasteiger partial charge in [-0.3, -0.25) is 9.59 Å². The van der Waals surface area contributed by atoms with Crippen molar-refractivity contribution in [3.8, 4) is 11.8 Å². The standard InChI is InChI=1S/C33H27ClN4O2/c1-38(2)21-23-11-15-26(16-12-23)36-32(24-7-4-3-5-8-24)31-28-17-13-22(19-29(28)37-33(31)40)14-18-30(39)35-27-10-6-9-25(34)20-27/h3-13,15-17,19-20,36H,21H2,1-2H3,(H,35,39)(H,37,40)/b32-31+. The van der Waals surface area contributed by atoms with E-state index in [4.69, 9.17) is 11.6 Å². The minimum atomic E-state index is -0.459. The number of benzene rings is 4. The molecule has 0 bridgehead atoms. The van der Waals surface area contributed by atoms with E-state index in [0.29, 0.717) is 33.2 Å². The van der Waals surface area contributed by atoms with Crippen molar-refractivity contribution in [1.82, 2.24) is 4.90 Å². The van der Waals surface area contributed by atoms with Crippen molar-refractivity contribution in [1.29, 1.82) is 0 Å². The quantitative estimate of drug-likeness (QED) is 0.195. The van der Waals surface area contributed by atoms with Crippen LogP contribution in [0.15, 0.2) is 97.1 Å². The first-order valence-corrected chi connectivity index (χ1v) is 13.1. The Morgan fingerprint density at radius 1 is 0.875 bits per heavy atom. The summed E-state index contributed by atoms with van der Waals surface area (Å²) in [6, 6.07) is 30.3. The zero-order valence-corrected chi connectivity index (χ0v) is 22.8. The summed E-state index contributed by atoms with van der Waals surface area (Å²) in [5, 5.41) is 9.68. The van der Waals surface area contributed by atoms with Gasteiger partial charge in [0.1, 0.15) is 0 Å². The zero-order chi connectivity index (χ0) is 28.1. The highest BCUT2D eigenvalue weighted by Crippen LogP contribution is 2.38. The van der Waals surface area contributed by atoms with Crippen molar-refractivity contribution in [3.05, 3.63) is 124 Å². The Bertz CT molecular complexity index is 1670. The van der Waals surface area contributed by atoms with Crippen molar-refractivity contribution >= 4 is 51.7 Å². The van der Waals surface area contributed by atoms with E-state index < -0.39 is 5.91 Å². The van der Waals surface area contributed by atoms with Gasteiger partial charge in [0.2, 0.25) is 0 Å². The fourth-order valence-corrected chi connectivity index (χ4v) is 4.63. The van der Waals surface area contributed by atoms with E-state index in [2.05, 4.69) is 44.8 Å². The fourth-order valence-electron chi connectivity index (χ4n) is 4.44. The number of fused-ring (bicyclic) bond motifs is 1. The molecule has 3 N–H and O–H groups in total. The van der Waals surface area contributed by atoms with Gasteiger partial charge in [0.15, 0.2) is 0 Å². The lowest BCUT2D eigenvalue weighted by molar-refractivity contribution is -0.111. The molecule has 5 rings (SSSR count). The lowest BCUT2D eigenvalue weighted by Gasteiger charge is -2.16. The predicted molar refractivity (Wildman–Crippen MR) is 163 cm³/mol. The van der Waals surface area contributed by atoms with Crippen LogP contribution in [-0.4, -0.2) is 30.8 Å². The highest BCUT2D eigenvalue weighted by Gasteiger charge is 2.28. The van der Waals surface area contributed by atoms with Crippen molar-refractivity contribution in [3.63, 3.8) is 0 Å². The van der Waals surface area contributed by atoms with Gasteiger partial charge >= 0.3 is 5.91 Å². The summed E-state index contributed by atoms with van der Waals surface area (Å²) >= 11 is 5.98. The molecule has 0 unspecified atom stereocenters. The molecule has 0 spiro atoms. The number of hydrogen-bond acceptors (Lipinski definition) is 4. The molecule has 4 aromatic rings. The number of anilines is 3. The molecule has 1 aliphatic heterocycles. The first kappa shape index (κ1) is 26.8. The van der Waals surface area contributed by atoms with Crippen molar-refractivity contribution < 1.29 is 9.59 Å². The third-order valence-electron chi connectivity index (χ3n) is 6.20. The SMILES string of the molecule is CN(C)Cc1ccc(N/C(=C2/C(=O)Nc3cc(C#CC(=O)Nc4cccc(Cl)c4)ccc32)c2ccccc2)cc1. The maximum Gasteiger partial charge on any atom is 0.300 e. The van der Waals surface area contributed by atoms with Crippen LogP contribution in [0.1, 0.15) is 22.3 Å². The average Bonchev–Trinajstić information content (AvgIpc) is 3.26. The van der Waals surface area contributed by atoms with Crippen LogP contribution in [0, 0.1) is 11.8 Å². The largest absolute Gasteiger partial charge is 0.354 e. The molecule has 0 saturated heterocycles. The molecule has 7 heteroatoms. The third-order valence-corrected chi connectivity index (χ3v) is 6.44. The monoisotopic (exact) mass is 546 g/mol. The number of carbonyl (C=O) groups excluding carboxylic acids is 2. The molecular formula is C33H27ClN4O2. The van der Waals surface area contributed by atoms with E-state index >= 15 is 0 Å². The molecule has 0 atom stereocenters. The summed E-state index contributed by atoms with van der Waals surface area (Å²) < 4.78 is 0. The van der Waals surface area contributed by atoms with Gasteiger partial charge in [-0.25, -0.2) is 0 Å². The highest BCUT2D eigenvalue weighted by molar-refractivity contribution is 6.37. The van der Waals surface area contributed by atoms with Crippen LogP contribution in [0.4, 0.5) is 17.1 Å². The number of halogens is 1. The van der Waals surface area contributed by atoms with Gasteiger partial charge < -0.3 is 20.9 Å². The molecule has 0 saturated carbocycles. The number of rotatable bonds is 6. The van der Waals surface area contributed by atoms with Crippen molar-refractivity contribution in [2.24, 2.45) is 0 Å². The smallest absolute Gasteiger partial charge is 0.300 e. The van der Waals surface area contributed by atoms with E-state index in [-0.39, 0.29) is 5.91 Å². The predicted octanol–water partition coefficient (Wildman–Crippen LogP) is 6.32. The Morgan fingerprint density at radius 3 is 2.38 bits per heavy atom. The van der Waals surface area contributed by atoms with Crippen LogP contribution in [0.2, 0.25) is 5.02 Å². The van der Waals surface area contributed by atoms with Crippen LogP contribution in [0.25, 0.3) is 11.3 Å². The molecule has 0 radical (unpaired) electrons. The summed E-state index contributed by atoms with van der Waals surface area (Å²) in [7, 11) is 4.07. The third kappa shape index (κ3) is 6.41. The summed E-state index contributed by atoms with van der Waals surface area (Å²) in [5.74, 6) is 4.80. The van der Waals surface area contributed by atoms with Crippen molar-refractivity contribution in [2.75, 3.05) is 30.0 Å². The summed E-state index contributed by atoms with van der Waals surface area (Å²) in [4.78, 5) is 27.7. The van der Waals surface area contributed by atoms with E-state index in [0.717, 1.165) is 23.4 Å². The number of hydrogen-bond donors (Lipinski definition) is 3. The molecule has 0 fully saturated rings. The Labute approximate surface area is 238 Å². The molecule has 40 heavy (non-hydrogen) atoms. The fraction of sp³-hybridized carbons (Fsp3) is 0.0909. The number of nitrogens with one attached hydrogen (secondary N) is 3. The Morgan fingerprint density at radius 2 is 1.65 bits per heavy atom. The lowest BCUT2D eigenvalue weighted by atomic mass is 9.99. The van der Waals surface area contributed by atoms with E-state index in [1.807, 2.05) is 62.6 Å². The van der Waals surface area contributed by atoms with Gasteiger partial charge in [0, 0.05) is 40.0 Å². The van der Waals surface area contributed by atoms with Crippen LogP contribution < -0.4 is 16.0 Å². The van der Waals surface area contributed by atoms with Gasteiger partial charge in [-0.2, -0.15) is 0 Å². The second-order valence-corrected chi connectivity index (χ2v) is 10.0. The Balaban J connectivity index is 1.44. The zero-order valence-electron chi connectivity index (χ0n) is 22.1. The minimum Gasteiger partial charge on any atom is -0.354 e. The maximum absolute atomic E-state index is 13.3. The molecule has 2 amide bonds. The van der Waals surface area contributed by atoms with Gasteiger partial charge in [-0.1, -0.05) is 72.1 Å². The second-order valence-electron chi connectivity index (χ2n) is 9.60. The van der Waals surface area contributed by atoms with Crippen molar-refractivity contribution in [2.45, 2.75) is 6.54 Å². The number of amides is 2. The van der Waals surface area contributed by atoms with Gasteiger partial charge in [0.05, 0.1) is 17.0 Å². The first-order valence-electron chi connectivity index (χ1n) is 12.7.